The van der Waals surface area contributed by atoms with Gasteiger partial charge < -0.3 is 15.5 Å². The zero-order valence-corrected chi connectivity index (χ0v) is 14.0. The van der Waals surface area contributed by atoms with Crippen molar-refractivity contribution >= 4 is 11.8 Å². The molecule has 0 radical (unpaired) electrons. The number of amides is 2. The van der Waals surface area contributed by atoms with E-state index in [9.17, 15) is 9.59 Å². The Morgan fingerprint density at radius 3 is 2.50 bits per heavy atom. The second-order valence-corrected chi connectivity index (χ2v) is 5.38. The summed E-state index contributed by atoms with van der Waals surface area (Å²) in [5, 5.41) is 5.58. The van der Waals surface area contributed by atoms with Gasteiger partial charge >= 0.3 is 0 Å². The third-order valence-electron chi connectivity index (χ3n) is 3.64. The van der Waals surface area contributed by atoms with Crippen LogP contribution in [0.5, 0.6) is 0 Å². The van der Waals surface area contributed by atoms with Crippen LogP contribution in [-0.4, -0.2) is 48.9 Å². The molecule has 122 valence electrons. The van der Waals surface area contributed by atoms with E-state index >= 15 is 0 Å². The Kier molecular flexibility index (Phi) is 7.60. The molecule has 5 heteroatoms. The molecule has 1 aromatic carbocycles. The van der Waals surface area contributed by atoms with Crippen LogP contribution in [0.4, 0.5) is 0 Å². The summed E-state index contributed by atoms with van der Waals surface area (Å²) >= 11 is 0. The van der Waals surface area contributed by atoms with Crippen molar-refractivity contribution in [3.8, 4) is 0 Å². The third-order valence-corrected chi connectivity index (χ3v) is 3.64. The van der Waals surface area contributed by atoms with E-state index in [0.29, 0.717) is 12.1 Å². The molecule has 0 aromatic heterocycles. The van der Waals surface area contributed by atoms with Gasteiger partial charge in [0, 0.05) is 18.7 Å². The third kappa shape index (κ3) is 5.85. The lowest BCUT2D eigenvalue weighted by Gasteiger charge is -2.19. The summed E-state index contributed by atoms with van der Waals surface area (Å²) in [5.41, 5.74) is 1.59. The minimum atomic E-state index is -0.551. The van der Waals surface area contributed by atoms with Crippen LogP contribution in [0.2, 0.25) is 0 Å². The molecule has 0 aliphatic carbocycles. The first-order valence-corrected chi connectivity index (χ1v) is 7.85. The number of benzene rings is 1. The molecule has 1 unspecified atom stereocenters. The van der Waals surface area contributed by atoms with Crippen molar-refractivity contribution in [1.29, 1.82) is 0 Å². The van der Waals surface area contributed by atoms with E-state index in [1.807, 2.05) is 19.1 Å². The largest absolute Gasteiger partial charge is 0.353 e. The predicted octanol–water partition coefficient (Wildman–Crippen LogP) is 1.57. The standard InChI is InChI=1S/C17H27N3O2/c1-5-20(6-2)11-10-18-16(21)14(4)19-17(22)15-9-7-8-13(3)12-15/h7-9,12,14H,5-6,10-11H2,1-4H3,(H,18,21)(H,19,22). The first-order chi connectivity index (χ1) is 10.5. The Bertz CT molecular complexity index is 498. The SMILES string of the molecule is CCN(CC)CCNC(=O)C(C)NC(=O)c1cccc(C)c1. The Hall–Kier alpha value is -1.88. The zero-order chi connectivity index (χ0) is 16.5. The van der Waals surface area contributed by atoms with Crippen molar-refractivity contribution in [1.82, 2.24) is 15.5 Å². The second kappa shape index (κ2) is 9.20. The molecule has 1 aromatic rings. The van der Waals surface area contributed by atoms with Crippen molar-refractivity contribution in [2.75, 3.05) is 26.2 Å². The number of hydrogen-bond donors (Lipinski definition) is 2. The number of rotatable bonds is 8. The number of carbonyl (C=O) groups is 2. The summed E-state index contributed by atoms with van der Waals surface area (Å²) in [6.07, 6.45) is 0. The fraction of sp³-hybridized carbons (Fsp3) is 0.529. The van der Waals surface area contributed by atoms with E-state index in [1.54, 1.807) is 19.1 Å². The van der Waals surface area contributed by atoms with Gasteiger partial charge in [-0.15, -0.1) is 0 Å². The van der Waals surface area contributed by atoms with Crippen LogP contribution in [-0.2, 0) is 4.79 Å². The lowest BCUT2D eigenvalue weighted by molar-refractivity contribution is -0.122. The number of nitrogens with zero attached hydrogens (tertiary/aromatic N) is 1. The highest BCUT2D eigenvalue weighted by atomic mass is 16.2. The van der Waals surface area contributed by atoms with Crippen LogP contribution in [0.1, 0.15) is 36.7 Å². The summed E-state index contributed by atoms with van der Waals surface area (Å²) in [4.78, 5) is 26.3. The van der Waals surface area contributed by atoms with Crippen LogP contribution < -0.4 is 10.6 Å². The Labute approximate surface area is 133 Å². The van der Waals surface area contributed by atoms with Crippen molar-refractivity contribution in [2.24, 2.45) is 0 Å². The second-order valence-electron chi connectivity index (χ2n) is 5.38. The molecule has 1 rings (SSSR count). The molecule has 0 aliphatic rings. The van der Waals surface area contributed by atoms with Crippen LogP contribution in [0.3, 0.4) is 0 Å². The maximum Gasteiger partial charge on any atom is 0.251 e. The van der Waals surface area contributed by atoms with Gasteiger partial charge in [0.05, 0.1) is 0 Å². The first kappa shape index (κ1) is 18.2. The van der Waals surface area contributed by atoms with Gasteiger partial charge in [-0.25, -0.2) is 0 Å². The normalized spacial score (nSPS) is 12.0. The molecule has 0 saturated heterocycles. The van der Waals surface area contributed by atoms with E-state index in [4.69, 9.17) is 0 Å². The summed E-state index contributed by atoms with van der Waals surface area (Å²) in [5.74, 6) is -0.386. The minimum absolute atomic E-state index is 0.159. The molecular weight excluding hydrogens is 278 g/mol. The summed E-state index contributed by atoms with van der Waals surface area (Å²) < 4.78 is 0. The van der Waals surface area contributed by atoms with Gasteiger partial charge in [0.15, 0.2) is 0 Å². The lowest BCUT2D eigenvalue weighted by atomic mass is 10.1. The molecule has 0 fully saturated rings. The average Bonchev–Trinajstić information content (AvgIpc) is 2.51. The summed E-state index contributed by atoms with van der Waals surface area (Å²) in [6.45, 7) is 11.1. The van der Waals surface area contributed by atoms with Gasteiger partial charge in [0.2, 0.25) is 5.91 Å². The highest BCUT2D eigenvalue weighted by Gasteiger charge is 2.16. The average molecular weight is 305 g/mol. The Balaban J connectivity index is 2.42. The molecule has 2 amide bonds. The highest BCUT2D eigenvalue weighted by molar-refractivity contribution is 5.97. The van der Waals surface area contributed by atoms with Crippen LogP contribution >= 0.6 is 0 Å². The zero-order valence-electron chi connectivity index (χ0n) is 14.0. The fourth-order valence-corrected chi connectivity index (χ4v) is 2.16. The summed E-state index contributed by atoms with van der Waals surface area (Å²) in [7, 11) is 0. The number of likely N-dealkylation sites (N-methyl/N-ethyl adjacent to an activating group) is 1. The van der Waals surface area contributed by atoms with Crippen LogP contribution in [0.15, 0.2) is 24.3 Å². The maximum atomic E-state index is 12.1. The van der Waals surface area contributed by atoms with Gasteiger partial charge in [-0.2, -0.15) is 0 Å². The molecular formula is C17H27N3O2. The maximum absolute atomic E-state index is 12.1. The van der Waals surface area contributed by atoms with Gasteiger partial charge in [0.1, 0.15) is 6.04 Å². The molecule has 0 spiro atoms. The summed E-state index contributed by atoms with van der Waals surface area (Å²) in [6, 6.07) is 6.76. The van der Waals surface area contributed by atoms with Crippen molar-refractivity contribution < 1.29 is 9.59 Å². The predicted molar refractivity (Wildman–Crippen MR) is 88.9 cm³/mol. The van der Waals surface area contributed by atoms with Gasteiger partial charge in [-0.05, 0) is 39.1 Å². The smallest absolute Gasteiger partial charge is 0.251 e. The number of carbonyl (C=O) groups excluding carboxylic acids is 2. The lowest BCUT2D eigenvalue weighted by Crippen LogP contribution is -2.46. The molecule has 5 nitrogen and oxygen atoms in total. The number of aryl methyl sites for hydroxylation is 1. The molecule has 1 atom stereocenters. The number of hydrogen-bond acceptors (Lipinski definition) is 3. The first-order valence-electron chi connectivity index (χ1n) is 7.85. The van der Waals surface area contributed by atoms with E-state index < -0.39 is 6.04 Å². The number of nitrogens with one attached hydrogen (secondary N) is 2. The molecule has 22 heavy (non-hydrogen) atoms. The van der Waals surface area contributed by atoms with Gasteiger partial charge in [0.25, 0.3) is 5.91 Å². The van der Waals surface area contributed by atoms with Crippen molar-refractivity contribution in [2.45, 2.75) is 33.7 Å². The molecule has 0 heterocycles. The van der Waals surface area contributed by atoms with Gasteiger partial charge in [-0.3, -0.25) is 9.59 Å². The topological polar surface area (TPSA) is 61.4 Å². The monoisotopic (exact) mass is 305 g/mol. The van der Waals surface area contributed by atoms with E-state index in [2.05, 4.69) is 29.4 Å². The molecule has 0 saturated carbocycles. The molecule has 0 aliphatic heterocycles. The van der Waals surface area contributed by atoms with E-state index in [1.165, 1.54) is 0 Å². The quantitative estimate of drug-likeness (QED) is 0.766. The van der Waals surface area contributed by atoms with E-state index in [-0.39, 0.29) is 11.8 Å². The molecule has 0 bridgehead atoms. The van der Waals surface area contributed by atoms with Gasteiger partial charge in [-0.1, -0.05) is 31.5 Å². The molecule has 2 N–H and O–H groups in total. The highest BCUT2D eigenvalue weighted by Crippen LogP contribution is 2.04. The van der Waals surface area contributed by atoms with Crippen molar-refractivity contribution in [3.63, 3.8) is 0 Å². The fourth-order valence-electron chi connectivity index (χ4n) is 2.16. The Morgan fingerprint density at radius 2 is 1.91 bits per heavy atom. The minimum Gasteiger partial charge on any atom is -0.353 e. The van der Waals surface area contributed by atoms with Crippen LogP contribution in [0.25, 0.3) is 0 Å². The van der Waals surface area contributed by atoms with Crippen molar-refractivity contribution in [3.05, 3.63) is 35.4 Å². The van der Waals surface area contributed by atoms with Crippen LogP contribution in [0, 0.1) is 6.92 Å². The van der Waals surface area contributed by atoms with E-state index in [0.717, 1.165) is 25.2 Å². The Morgan fingerprint density at radius 1 is 1.23 bits per heavy atom.